The number of hydrogen-bond donors (Lipinski definition) is 0. The molecule has 0 N–H and O–H groups in total. The fourth-order valence-corrected chi connectivity index (χ4v) is 4.00. The number of aromatic nitrogens is 6. The third kappa shape index (κ3) is 3.72. The van der Waals surface area contributed by atoms with Gasteiger partial charge in [0.05, 0.1) is 24.5 Å². The zero-order chi connectivity index (χ0) is 24.8. The Kier molecular flexibility index (Phi) is 5.14. The molecule has 4 heterocycles. The molecule has 0 spiro atoms. The molecule has 6 rings (SSSR count). The van der Waals surface area contributed by atoms with Crippen molar-refractivity contribution in [3.8, 4) is 40.0 Å². The average Bonchev–Trinajstić information content (AvgIpc) is 3.55. The number of ether oxygens (including phenoxy) is 1. The Morgan fingerprint density at radius 3 is 2.47 bits per heavy atom. The van der Waals surface area contributed by atoms with Gasteiger partial charge in [-0.15, -0.1) is 10.2 Å². The number of rotatable bonds is 5. The lowest BCUT2D eigenvalue weighted by Gasteiger charge is -2.08. The number of pyridine rings is 1. The van der Waals surface area contributed by atoms with Gasteiger partial charge in [0.15, 0.2) is 5.65 Å². The van der Waals surface area contributed by atoms with Crippen molar-refractivity contribution in [2.45, 2.75) is 13.3 Å². The summed E-state index contributed by atoms with van der Waals surface area (Å²) in [6.07, 6.45) is -1.39. The van der Waals surface area contributed by atoms with Crippen LogP contribution in [0.5, 0.6) is 5.75 Å². The highest BCUT2D eigenvalue weighted by molar-refractivity contribution is 5.81. The van der Waals surface area contributed by atoms with Crippen LogP contribution in [0.15, 0.2) is 71.3 Å². The largest absolute Gasteiger partial charge is 0.497 e. The molecule has 0 unspecified atom stereocenters. The van der Waals surface area contributed by atoms with Crippen LogP contribution in [0, 0.1) is 6.92 Å². The summed E-state index contributed by atoms with van der Waals surface area (Å²) < 4.78 is 40.0. The smallest absolute Gasteiger partial charge is 0.280 e. The van der Waals surface area contributed by atoms with E-state index in [-0.39, 0.29) is 23.1 Å². The second-order valence-electron chi connectivity index (χ2n) is 8.19. The van der Waals surface area contributed by atoms with Crippen molar-refractivity contribution in [1.82, 2.24) is 29.8 Å². The van der Waals surface area contributed by atoms with Crippen LogP contribution < -0.4 is 4.74 Å². The summed E-state index contributed by atoms with van der Waals surface area (Å²) in [5.74, 6) is 0.951. The predicted octanol–water partition coefficient (Wildman–Crippen LogP) is 5.92. The van der Waals surface area contributed by atoms with E-state index >= 15 is 0 Å². The Labute approximate surface area is 203 Å². The highest BCUT2D eigenvalue weighted by Crippen LogP contribution is 2.32. The normalized spacial score (nSPS) is 11.6. The number of hydrogen-bond acceptors (Lipinski definition) is 7. The molecule has 0 aliphatic rings. The Bertz CT molecular complexity index is 1730. The SMILES string of the molecule is COc1ccc(-c2cc(C(F)F)n3ncc(-c4nnc(-c5ccc6cc(C)ccc6n5)o4)c3n2)cc1. The maximum atomic E-state index is 13.9. The van der Waals surface area contributed by atoms with Gasteiger partial charge >= 0.3 is 0 Å². The molecule has 0 fully saturated rings. The molecule has 0 saturated heterocycles. The molecule has 4 aromatic heterocycles. The van der Waals surface area contributed by atoms with Crippen LogP contribution in [0.1, 0.15) is 17.7 Å². The number of aryl methyl sites for hydroxylation is 1. The van der Waals surface area contributed by atoms with Gasteiger partial charge < -0.3 is 9.15 Å². The quantitative estimate of drug-likeness (QED) is 0.300. The molecule has 36 heavy (non-hydrogen) atoms. The van der Waals surface area contributed by atoms with E-state index < -0.39 is 6.43 Å². The molecule has 178 valence electrons. The Hall–Kier alpha value is -4.73. The van der Waals surface area contributed by atoms with Crippen molar-refractivity contribution in [2.75, 3.05) is 7.11 Å². The fraction of sp³-hybridized carbons (Fsp3) is 0.115. The van der Waals surface area contributed by atoms with Gasteiger partial charge in [-0.05, 0) is 55.5 Å². The lowest BCUT2D eigenvalue weighted by atomic mass is 10.1. The third-order valence-corrected chi connectivity index (χ3v) is 5.83. The fourth-order valence-electron chi connectivity index (χ4n) is 4.00. The first-order valence-corrected chi connectivity index (χ1v) is 11.0. The van der Waals surface area contributed by atoms with Crippen molar-refractivity contribution in [3.63, 3.8) is 0 Å². The minimum absolute atomic E-state index is 0.102. The van der Waals surface area contributed by atoms with E-state index in [0.717, 1.165) is 21.0 Å². The number of alkyl halides is 2. The van der Waals surface area contributed by atoms with E-state index in [1.807, 2.05) is 31.2 Å². The van der Waals surface area contributed by atoms with Gasteiger partial charge in [-0.2, -0.15) is 5.10 Å². The minimum atomic E-state index is -2.77. The van der Waals surface area contributed by atoms with Crippen LogP contribution in [-0.4, -0.2) is 36.9 Å². The third-order valence-electron chi connectivity index (χ3n) is 5.83. The van der Waals surface area contributed by atoms with Gasteiger partial charge in [0.25, 0.3) is 18.2 Å². The topological polar surface area (TPSA) is 91.2 Å². The number of benzene rings is 2. The number of fused-ring (bicyclic) bond motifs is 2. The molecule has 0 atom stereocenters. The summed E-state index contributed by atoms with van der Waals surface area (Å²) >= 11 is 0. The molecule has 0 aliphatic heterocycles. The van der Waals surface area contributed by atoms with Crippen molar-refractivity contribution in [3.05, 3.63) is 78.1 Å². The molecule has 2 aromatic carbocycles. The lowest BCUT2D eigenvalue weighted by molar-refractivity contribution is 0.143. The highest BCUT2D eigenvalue weighted by Gasteiger charge is 2.22. The van der Waals surface area contributed by atoms with E-state index in [0.29, 0.717) is 28.3 Å². The molecule has 6 aromatic rings. The summed E-state index contributed by atoms with van der Waals surface area (Å²) in [6, 6.07) is 18.0. The zero-order valence-corrected chi connectivity index (χ0v) is 19.2. The second kappa shape index (κ2) is 8.49. The Morgan fingerprint density at radius 2 is 1.69 bits per heavy atom. The van der Waals surface area contributed by atoms with E-state index in [4.69, 9.17) is 9.15 Å². The van der Waals surface area contributed by atoms with Gasteiger partial charge in [-0.3, -0.25) is 0 Å². The highest BCUT2D eigenvalue weighted by atomic mass is 19.3. The molecule has 0 aliphatic carbocycles. The van der Waals surface area contributed by atoms with E-state index in [1.165, 1.54) is 12.3 Å². The van der Waals surface area contributed by atoms with Crippen LogP contribution in [0.3, 0.4) is 0 Å². The standard InChI is InChI=1S/C26H18F2N6O2/c1-14-3-9-19-16(11-14)6-10-20(30-19)26-33-32-25(36-26)18-13-29-34-22(23(27)28)12-21(31-24(18)34)15-4-7-17(35-2)8-5-15/h3-13,23H,1-2H3. The summed E-state index contributed by atoms with van der Waals surface area (Å²) in [5, 5.41) is 13.4. The lowest BCUT2D eigenvalue weighted by Crippen LogP contribution is -2.02. The molecule has 0 bridgehead atoms. The van der Waals surface area contributed by atoms with Crippen molar-refractivity contribution in [2.24, 2.45) is 0 Å². The summed E-state index contributed by atoms with van der Waals surface area (Å²) in [5.41, 5.74) is 3.64. The number of halogens is 2. The first-order chi connectivity index (χ1) is 17.5. The molecule has 0 radical (unpaired) electrons. The van der Waals surface area contributed by atoms with E-state index in [9.17, 15) is 8.78 Å². The summed E-state index contributed by atoms with van der Waals surface area (Å²) in [7, 11) is 1.56. The molecular formula is C26H18F2N6O2. The van der Waals surface area contributed by atoms with E-state index in [2.05, 4.69) is 25.3 Å². The Morgan fingerprint density at radius 1 is 0.889 bits per heavy atom. The predicted molar refractivity (Wildman–Crippen MR) is 129 cm³/mol. The summed E-state index contributed by atoms with van der Waals surface area (Å²) in [6.45, 7) is 2.02. The molecule has 10 heteroatoms. The average molecular weight is 484 g/mol. The summed E-state index contributed by atoms with van der Waals surface area (Å²) in [4.78, 5) is 9.20. The Balaban J connectivity index is 1.44. The van der Waals surface area contributed by atoms with Gasteiger partial charge in [0, 0.05) is 10.9 Å². The van der Waals surface area contributed by atoms with Gasteiger partial charge in [-0.25, -0.2) is 23.3 Å². The van der Waals surface area contributed by atoms with Crippen LogP contribution >= 0.6 is 0 Å². The second-order valence-corrected chi connectivity index (χ2v) is 8.19. The maximum Gasteiger partial charge on any atom is 0.280 e. The first-order valence-electron chi connectivity index (χ1n) is 11.0. The minimum Gasteiger partial charge on any atom is -0.497 e. The van der Waals surface area contributed by atoms with Gasteiger partial charge in [-0.1, -0.05) is 17.7 Å². The number of nitrogens with zero attached hydrogens (tertiary/aromatic N) is 6. The van der Waals surface area contributed by atoms with Crippen molar-refractivity contribution >= 4 is 16.6 Å². The van der Waals surface area contributed by atoms with E-state index in [1.54, 1.807) is 37.4 Å². The van der Waals surface area contributed by atoms with Gasteiger partial charge in [0.2, 0.25) is 0 Å². The van der Waals surface area contributed by atoms with Crippen LogP contribution in [0.2, 0.25) is 0 Å². The van der Waals surface area contributed by atoms with Crippen LogP contribution in [-0.2, 0) is 0 Å². The van der Waals surface area contributed by atoms with Crippen LogP contribution in [0.25, 0.3) is 50.8 Å². The molecule has 8 nitrogen and oxygen atoms in total. The van der Waals surface area contributed by atoms with Crippen molar-refractivity contribution in [1.29, 1.82) is 0 Å². The monoisotopic (exact) mass is 484 g/mol. The zero-order valence-electron chi connectivity index (χ0n) is 19.2. The maximum absolute atomic E-state index is 13.9. The number of methoxy groups -OCH3 is 1. The first kappa shape index (κ1) is 21.8. The molecule has 0 amide bonds. The molecular weight excluding hydrogens is 466 g/mol. The van der Waals surface area contributed by atoms with Crippen LogP contribution in [0.4, 0.5) is 8.78 Å². The van der Waals surface area contributed by atoms with Crippen molar-refractivity contribution < 1.29 is 17.9 Å². The molecule has 0 saturated carbocycles. The van der Waals surface area contributed by atoms with Gasteiger partial charge in [0.1, 0.15) is 22.7 Å².